The van der Waals surface area contributed by atoms with Crippen molar-refractivity contribution in [2.75, 3.05) is 13.1 Å². The predicted octanol–water partition coefficient (Wildman–Crippen LogP) is 3.41. The van der Waals surface area contributed by atoms with E-state index in [1.165, 1.54) is 5.56 Å². The largest absolute Gasteiger partial charge is 0.685 e. The number of benzene rings is 1. The van der Waals surface area contributed by atoms with Crippen LogP contribution < -0.4 is 0 Å². The molecule has 2 rings (SSSR count). The summed E-state index contributed by atoms with van der Waals surface area (Å²) < 4.78 is 0. The van der Waals surface area contributed by atoms with E-state index in [-0.39, 0.29) is 88.1 Å². The van der Waals surface area contributed by atoms with Gasteiger partial charge >= 0.3 is 0 Å². The fourth-order valence-electron chi connectivity index (χ4n) is 1.36. The molecule has 2 nitrogen and oxygen atoms in total. The van der Waals surface area contributed by atoms with E-state index in [1.807, 2.05) is 0 Å². The molecule has 0 spiro atoms. The van der Waals surface area contributed by atoms with Crippen molar-refractivity contribution in [1.29, 1.82) is 0 Å². The minimum Gasteiger partial charge on any atom is -0.685 e. The maximum atomic E-state index is 4.45. The molecule has 0 amide bonds. The van der Waals surface area contributed by atoms with E-state index in [2.05, 4.69) is 35.8 Å². The van der Waals surface area contributed by atoms with Gasteiger partial charge in [0.1, 0.15) is 0 Å². The van der Waals surface area contributed by atoms with Gasteiger partial charge in [-0.3, -0.25) is 0 Å². The van der Waals surface area contributed by atoms with Crippen molar-refractivity contribution in [3.05, 3.63) is 34.4 Å². The van der Waals surface area contributed by atoms with Crippen molar-refractivity contribution < 1.29 is 88.1 Å². The van der Waals surface area contributed by atoms with E-state index < -0.39 is 0 Å². The van der Waals surface area contributed by atoms with Crippen LogP contribution in [0.15, 0.2) is 18.2 Å². The van der Waals surface area contributed by atoms with Crippen molar-refractivity contribution in [2.24, 2.45) is 0 Å². The zero-order valence-electron chi connectivity index (χ0n) is 8.40. The molecule has 0 aliphatic carbocycles. The van der Waals surface area contributed by atoms with Gasteiger partial charge in [-0.15, -0.1) is 13.1 Å². The standard InChI is InChI=1S/C10H12N2.2Ac/c1-8-3-4-9-10(7-8)12-6-2-5-11-9;;/h3-4,7H,2,5-6H2,1H3;;/q-2;;. The van der Waals surface area contributed by atoms with Gasteiger partial charge in [0.2, 0.25) is 0 Å². The maximum absolute atomic E-state index is 4.45. The van der Waals surface area contributed by atoms with Gasteiger partial charge in [-0.25, -0.2) is 0 Å². The van der Waals surface area contributed by atoms with Crippen molar-refractivity contribution in [2.45, 2.75) is 13.3 Å². The van der Waals surface area contributed by atoms with Crippen LogP contribution in [0.5, 0.6) is 0 Å². The van der Waals surface area contributed by atoms with Crippen LogP contribution >= 0.6 is 0 Å². The first-order valence-corrected chi connectivity index (χ1v) is 4.32. The van der Waals surface area contributed by atoms with Crippen LogP contribution in [0.4, 0.5) is 11.4 Å². The van der Waals surface area contributed by atoms with Crippen molar-refractivity contribution in [1.82, 2.24) is 0 Å². The van der Waals surface area contributed by atoms with E-state index in [9.17, 15) is 0 Å². The molecule has 0 saturated heterocycles. The third-order valence-corrected chi connectivity index (χ3v) is 2.01. The van der Waals surface area contributed by atoms with Gasteiger partial charge in [0.15, 0.2) is 0 Å². The molecule has 1 aromatic carbocycles. The molecule has 14 heavy (non-hydrogen) atoms. The normalized spacial score (nSPS) is 13.2. The van der Waals surface area contributed by atoms with Gasteiger partial charge in [0, 0.05) is 88.1 Å². The fourth-order valence-corrected chi connectivity index (χ4v) is 1.36. The molecular weight excluding hydrogens is 602 g/mol. The summed E-state index contributed by atoms with van der Waals surface area (Å²) in [7, 11) is 0. The number of aryl methyl sites for hydroxylation is 1. The summed E-state index contributed by atoms with van der Waals surface area (Å²) in [5.41, 5.74) is 3.38. The van der Waals surface area contributed by atoms with E-state index in [0.29, 0.717) is 0 Å². The molecule has 0 saturated carbocycles. The SMILES string of the molecule is Cc1ccc2c(c1)[N-]CCC[N-]2.[Ac].[Ac]. The number of fused-ring (bicyclic) bond motifs is 1. The molecular formula is C10H12Ac2N2-2. The van der Waals surface area contributed by atoms with Crippen LogP contribution in [0.25, 0.3) is 10.6 Å². The Morgan fingerprint density at radius 3 is 2.36 bits per heavy atom. The molecule has 2 radical (unpaired) electrons. The zero-order chi connectivity index (χ0) is 8.39. The Balaban J connectivity index is 0.000000845. The van der Waals surface area contributed by atoms with Gasteiger partial charge < -0.3 is 10.6 Å². The Labute approximate surface area is 157 Å². The van der Waals surface area contributed by atoms with Gasteiger partial charge in [-0.1, -0.05) is 30.2 Å². The second-order valence-electron chi connectivity index (χ2n) is 3.11. The third kappa shape index (κ3) is 4.29. The molecule has 1 aliphatic heterocycles. The minimum atomic E-state index is 0. The molecule has 1 aliphatic rings. The molecule has 70 valence electrons. The Kier molecular flexibility index (Phi) is 8.85. The Morgan fingerprint density at radius 2 is 1.64 bits per heavy atom. The van der Waals surface area contributed by atoms with Crippen LogP contribution in [0.2, 0.25) is 0 Å². The number of rotatable bonds is 0. The van der Waals surface area contributed by atoms with E-state index in [1.54, 1.807) is 0 Å². The summed E-state index contributed by atoms with van der Waals surface area (Å²) in [5, 5.41) is 8.89. The second-order valence-corrected chi connectivity index (χ2v) is 3.11. The molecule has 0 atom stereocenters. The van der Waals surface area contributed by atoms with Crippen LogP contribution in [0, 0.1) is 95.0 Å². The van der Waals surface area contributed by atoms with E-state index in [0.717, 1.165) is 30.9 Å². The second kappa shape index (κ2) is 7.89. The Morgan fingerprint density at radius 1 is 1.00 bits per heavy atom. The average Bonchev–Trinajstić information content (AvgIpc) is 2.28. The van der Waals surface area contributed by atoms with Gasteiger partial charge in [-0.05, 0) is 6.92 Å². The summed E-state index contributed by atoms with van der Waals surface area (Å²) >= 11 is 0. The molecule has 1 heterocycles. The van der Waals surface area contributed by atoms with Crippen LogP contribution in [0.3, 0.4) is 0 Å². The number of nitrogens with zero attached hydrogens (tertiary/aromatic N) is 2. The maximum Gasteiger partial charge on any atom is 0 e. The smallest absolute Gasteiger partial charge is 0 e. The quantitative estimate of drug-likeness (QED) is 0.429. The molecule has 0 unspecified atom stereocenters. The number of hydrogen-bond acceptors (Lipinski definition) is 0. The fraction of sp³-hybridized carbons (Fsp3) is 0.400. The van der Waals surface area contributed by atoms with Crippen molar-refractivity contribution in [3.63, 3.8) is 0 Å². The average molecular weight is 614 g/mol. The van der Waals surface area contributed by atoms with Gasteiger partial charge in [-0.2, -0.15) is 11.4 Å². The third-order valence-electron chi connectivity index (χ3n) is 2.01. The summed E-state index contributed by atoms with van der Waals surface area (Å²) in [6.45, 7) is 3.92. The predicted molar refractivity (Wildman–Crippen MR) is 51.6 cm³/mol. The first-order chi connectivity index (χ1) is 5.86. The Hall–Kier alpha value is 1.70. The molecule has 0 fully saturated rings. The summed E-state index contributed by atoms with van der Waals surface area (Å²) in [6, 6.07) is 6.24. The van der Waals surface area contributed by atoms with Crippen LogP contribution in [-0.2, 0) is 0 Å². The topological polar surface area (TPSA) is 28.2 Å². The molecule has 1 aromatic rings. The number of hydrogen-bond donors (Lipinski definition) is 0. The first kappa shape index (κ1) is 15.7. The van der Waals surface area contributed by atoms with Crippen molar-refractivity contribution in [3.8, 4) is 0 Å². The van der Waals surface area contributed by atoms with E-state index in [4.69, 9.17) is 0 Å². The summed E-state index contributed by atoms with van der Waals surface area (Å²) in [5.74, 6) is 0. The van der Waals surface area contributed by atoms with Gasteiger partial charge in [0.25, 0.3) is 0 Å². The minimum absolute atomic E-state index is 0. The molecule has 0 bridgehead atoms. The monoisotopic (exact) mass is 614 g/mol. The van der Waals surface area contributed by atoms with Gasteiger partial charge in [0.05, 0.1) is 0 Å². The zero-order valence-corrected chi connectivity index (χ0v) is 17.9. The molecule has 0 aromatic heterocycles. The first-order valence-electron chi connectivity index (χ1n) is 4.32. The van der Waals surface area contributed by atoms with Crippen LogP contribution in [-0.4, -0.2) is 13.1 Å². The van der Waals surface area contributed by atoms with Crippen LogP contribution in [0.1, 0.15) is 12.0 Å². The summed E-state index contributed by atoms with van der Waals surface area (Å²) in [6.07, 6.45) is 1.08. The van der Waals surface area contributed by atoms with Crippen molar-refractivity contribution >= 4 is 11.4 Å². The van der Waals surface area contributed by atoms with E-state index >= 15 is 0 Å². The Bertz CT molecular complexity index is 289. The summed E-state index contributed by atoms with van der Waals surface area (Å²) in [4.78, 5) is 0. The molecule has 4 heteroatoms. The molecule has 0 N–H and O–H groups in total.